The van der Waals surface area contributed by atoms with Gasteiger partial charge in [0.1, 0.15) is 11.6 Å². The molecule has 0 bridgehead atoms. The van der Waals surface area contributed by atoms with E-state index >= 15 is 0 Å². The Morgan fingerprint density at radius 2 is 1.60 bits per heavy atom. The molecule has 0 radical (unpaired) electrons. The molecule has 0 amide bonds. The molecule has 2 aromatic carbocycles. The van der Waals surface area contributed by atoms with Crippen molar-refractivity contribution < 1.29 is 35.5 Å². The van der Waals surface area contributed by atoms with E-state index in [4.69, 9.17) is 0 Å². The number of rotatable bonds is 5. The van der Waals surface area contributed by atoms with Gasteiger partial charge in [0.15, 0.2) is 5.78 Å². The molecule has 0 aromatic heterocycles. The molecule has 1 saturated heterocycles. The fourth-order valence-electron chi connectivity index (χ4n) is 3.11. The number of halogens is 4. The number of anilines is 1. The van der Waals surface area contributed by atoms with E-state index in [0.29, 0.717) is 0 Å². The zero-order valence-electron chi connectivity index (χ0n) is 15.8. The summed E-state index contributed by atoms with van der Waals surface area (Å²) in [5.41, 5.74) is 0.515. The van der Waals surface area contributed by atoms with Crippen molar-refractivity contribution in [1.29, 1.82) is 0 Å². The number of hydrogen-bond acceptors (Lipinski definition) is 5. The molecule has 0 unspecified atom stereocenters. The van der Waals surface area contributed by atoms with E-state index in [-0.39, 0.29) is 48.1 Å². The third kappa shape index (κ3) is 4.90. The number of carbonyl (C=O) groups excluding carboxylic acids is 1. The molecular formula is C19H18F4N2O4S. The monoisotopic (exact) mass is 446 g/mol. The number of piperazine rings is 1. The molecule has 30 heavy (non-hydrogen) atoms. The number of benzene rings is 2. The zero-order valence-corrected chi connectivity index (χ0v) is 16.6. The van der Waals surface area contributed by atoms with Crippen LogP contribution in [-0.2, 0) is 10.0 Å². The smallest absolute Gasteiger partial charge is 0.406 e. The lowest BCUT2D eigenvalue weighted by atomic mass is 10.1. The zero-order chi connectivity index (χ0) is 22.1. The number of alkyl halides is 3. The second kappa shape index (κ2) is 8.23. The number of carbonyl (C=O) groups is 1. The van der Waals surface area contributed by atoms with Crippen LogP contribution in [0.1, 0.15) is 17.3 Å². The highest BCUT2D eigenvalue weighted by Crippen LogP contribution is 2.27. The summed E-state index contributed by atoms with van der Waals surface area (Å²) in [4.78, 5) is 12.9. The van der Waals surface area contributed by atoms with Crippen molar-refractivity contribution in [3.8, 4) is 5.75 Å². The lowest BCUT2D eigenvalue weighted by Gasteiger charge is -2.35. The van der Waals surface area contributed by atoms with Gasteiger partial charge in [-0.25, -0.2) is 12.8 Å². The minimum atomic E-state index is -4.87. The van der Waals surface area contributed by atoms with Crippen molar-refractivity contribution in [2.24, 2.45) is 0 Å². The SMILES string of the molecule is CC(=O)c1ccc(N2CCN(S(=O)(=O)c3ccc(OC(F)(F)F)cc3)CC2)c(F)c1. The van der Waals surface area contributed by atoms with E-state index in [9.17, 15) is 30.8 Å². The Labute approximate surface area is 170 Å². The molecule has 1 aliphatic heterocycles. The molecule has 3 rings (SSSR count). The van der Waals surface area contributed by atoms with Crippen molar-refractivity contribution >= 4 is 21.5 Å². The number of sulfonamides is 1. The summed E-state index contributed by atoms with van der Waals surface area (Å²) in [6.07, 6.45) is -4.87. The summed E-state index contributed by atoms with van der Waals surface area (Å²) >= 11 is 0. The Balaban J connectivity index is 1.69. The Morgan fingerprint density at radius 1 is 1.00 bits per heavy atom. The van der Waals surface area contributed by atoms with Crippen LogP contribution in [0.5, 0.6) is 5.75 Å². The van der Waals surface area contributed by atoms with Crippen LogP contribution in [0.25, 0.3) is 0 Å². The Morgan fingerprint density at radius 3 is 2.10 bits per heavy atom. The highest BCUT2D eigenvalue weighted by molar-refractivity contribution is 7.89. The summed E-state index contributed by atoms with van der Waals surface area (Å²) in [6.45, 7) is 1.89. The summed E-state index contributed by atoms with van der Waals surface area (Å²) < 4.78 is 81.5. The highest BCUT2D eigenvalue weighted by atomic mass is 32.2. The average molecular weight is 446 g/mol. The summed E-state index contributed by atoms with van der Waals surface area (Å²) in [5, 5.41) is 0. The van der Waals surface area contributed by atoms with Gasteiger partial charge in [-0.05, 0) is 49.4 Å². The molecule has 11 heteroatoms. The standard InChI is InChI=1S/C19H18F4N2O4S/c1-13(26)14-2-7-18(17(20)12-14)24-8-10-25(11-9-24)30(27,28)16-5-3-15(4-6-16)29-19(21,22)23/h2-7,12H,8-11H2,1H3. The Kier molecular flexibility index (Phi) is 6.04. The van der Waals surface area contributed by atoms with E-state index in [1.54, 1.807) is 4.90 Å². The molecule has 0 aliphatic carbocycles. The molecule has 0 saturated carbocycles. The third-order valence-corrected chi connectivity index (χ3v) is 6.54. The van der Waals surface area contributed by atoms with Gasteiger partial charge >= 0.3 is 6.36 Å². The van der Waals surface area contributed by atoms with Crippen LogP contribution >= 0.6 is 0 Å². The summed E-state index contributed by atoms with van der Waals surface area (Å²) in [6, 6.07) is 8.09. The van der Waals surface area contributed by atoms with Crippen molar-refractivity contribution in [2.75, 3.05) is 31.1 Å². The topological polar surface area (TPSA) is 66.9 Å². The van der Waals surface area contributed by atoms with Crippen LogP contribution in [0, 0.1) is 5.82 Å². The Bertz CT molecular complexity index is 1030. The molecule has 1 fully saturated rings. The number of Topliss-reactive ketones (excluding diaryl/α,β-unsaturated/α-hetero) is 1. The van der Waals surface area contributed by atoms with E-state index in [1.807, 2.05) is 0 Å². The van der Waals surface area contributed by atoms with E-state index in [2.05, 4.69) is 4.74 Å². The fourth-order valence-corrected chi connectivity index (χ4v) is 4.54. The van der Waals surface area contributed by atoms with Crippen LogP contribution in [0.4, 0.5) is 23.2 Å². The van der Waals surface area contributed by atoms with Gasteiger partial charge < -0.3 is 9.64 Å². The highest BCUT2D eigenvalue weighted by Gasteiger charge is 2.32. The molecule has 2 aromatic rings. The van der Waals surface area contributed by atoms with E-state index in [0.717, 1.165) is 30.3 Å². The fraction of sp³-hybridized carbons (Fsp3) is 0.316. The molecule has 0 atom stereocenters. The van der Waals surface area contributed by atoms with Gasteiger partial charge in [-0.15, -0.1) is 13.2 Å². The van der Waals surface area contributed by atoms with Gasteiger partial charge in [-0.1, -0.05) is 0 Å². The normalized spacial score (nSPS) is 15.8. The van der Waals surface area contributed by atoms with Crippen molar-refractivity contribution in [2.45, 2.75) is 18.2 Å². The molecule has 6 nitrogen and oxygen atoms in total. The molecular weight excluding hydrogens is 428 g/mol. The first kappa shape index (κ1) is 22.0. The van der Waals surface area contributed by atoms with Gasteiger partial charge in [0, 0.05) is 31.7 Å². The van der Waals surface area contributed by atoms with E-state index < -0.39 is 28.0 Å². The first-order valence-corrected chi connectivity index (χ1v) is 10.3. The van der Waals surface area contributed by atoms with Crippen molar-refractivity contribution in [3.63, 3.8) is 0 Å². The minimum absolute atomic E-state index is 0.0665. The average Bonchev–Trinajstić information content (AvgIpc) is 2.67. The van der Waals surface area contributed by atoms with Crippen LogP contribution in [-0.4, -0.2) is 51.0 Å². The number of ether oxygens (including phenoxy) is 1. The molecule has 1 heterocycles. The quantitative estimate of drug-likeness (QED) is 0.520. The number of hydrogen-bond donors (Lipinski definition) is 0. The van der Waals surface area contributed by atoms with Gasteiger partial charge in [-0.3, -0.25) is 4.79 Å². The maximum absolute atomic E-state index is 14.3. The minimum Gasteiger partial charge on any atom is -0.406 e. The number of nitrogens with zero attached hydrogens (tertiary/aromatic N) is 2. The van der Waals surface area contributed by atoms with Crippen LogP contribution in [0.3, 0.4) is 0 Å². The summed E-state index contributed by atoms with van der Waals surface area (Å²) in [7, 11) is -3.92. The van der Waals surface area contributed by atoms with Crippen LogP contribution in [0.15, 0.2) is 47.4 Å². The largest absolute Gasteiger partial charge is 0.573 e. The third-order valence-electron chi connectivity index (χ3n) is 4.63. The van der Waals surface area contributed by atoms with E-state index in [1.165, 1.54) is 23.4 Å². The van der Waals surface area contributed by atoms with Crippen molar-refractivity contribution in [3.05, 3.63) is 53.8 Å². The van der Waals surface area contributed by atoms with Gasteiger partial charge in [0.25, 0.3) is 0 Å². The lowest BCUT2D eigenvalue weighted by Crippen LogP contribution is -2.48. The molecule has 162 valence electrons. The van der Waals surface area contributed by atoms with Gasteiger partial charge in [0.2, 0.25) is 10.0 Å². The van der Waals surface area contributed by atoms with Gasteiger partial charge in [-0.2, -0.15) is 4.31 Å². The van der Waals surface area contributed by atoms with Crippen LogP contribution < -0.4 is 9.64 Å². The maximum Gasteiger partial charge on any atom is 0.573 e. The predicted molar refractivity (Wildman–Crippen MR) is 101 cm³/mol. The first-order chi connectivity index (χ1) is 14.0. The first-order valence-electron chi connectivity index (χ1n) is 8.89. The molecule has 0 spiro atoms. The van der Waals surface area contributed by atoms with Gasteiger partial charge in [0.05, 0.1) is 10.6 Å². The second-order valence-electron chi connectivity index (χ2n) is 6.63. The Hall–Kier alpha value is -2.66. The predicted octanol–water partition coefficient (Wildman–Crippen LogP) is 3.44. The molecule has 0 N–H and O–H groups in total. The lowest BCUT2D eigenvalue weighted by molar-refractivity contribution is -0.274. The molecule has 1 aliphatic rings. The maximum atomic E-state index is 14.3. The summed E-state index contributed by atoms with van der Waals surface area (Å²) in [5.74, 6) is -1.35. The number of ketones is 1. The van der Waals surface area contributed by atoms with Crippen molar-refractivity contribution in [1.82, 2.24) is 4.31 Å². The van der Waals surface area contributed by atoms with Crippen LogP contribution in [0.2, 0.25) is 0 Å². The second-order valence-corrected chi connectivity index (χ2v) is 8.57.